The van der Waals surface area contributed by atoms with Crippen LogP contribution >= 0.6 is 0 Å². The summed E-state index contributed by atoms with van der Waals surface area (Å²) in [5, 5.41) is 26.8. The number of rotatable bonds is 4. The first-order valence-corrected chi connectivity index (χ1v) is 18.3. The fourth-order valence-electron chi connectivity index (χ4n) is 8.79. The first-order valence-electron chi connectivity index (χ1n) is 18.3. The number of fused-ring (bicyclic) bond motifs is 9. The molecule has 3 heterocycles. The first kappa shape index (κ1) is 30.7. The van der Waals surface area contributed by atoms with Gasteiger partial charge in [-0.25, -0.2) is 0 Å². The summed E-state index contributed by atoms with van der Waals surface area (Å²) in [7, 11) is 0. The van der Waals surface area contributed by atoms with Crippen molar-refractivity contribution in [2.45, 2.75) is 0 Å². The third-order valence-corrected chi connectivity index (χ3v) is 11.1. The van der Waals surface area contributed by atoms with E-state index in [0.29, 0.717) is 11.1 Å². The van der Waals surface area contributed by atoms with Crippen LogP contribution < -0.4 is 0 Å². The third kappa shape index (κ3) is 4.45. The minimum Gasteiger partial charge on any atom is -0.309 e. The smallest absolute Gasteiger partial charge is 0.0992 e. The molecule has 0 fully saturated rings. The maximum Gasteiger partial charge on any atom is 0.0992 e. The van der Waals surface area contributed by atoms with Crippen LogP contribution in [0.5, 0.6) is 0 Å². The molecule has 5 heteroatoms. The van der Waals surface area contributed by atoms with Crippen LogP contribution in [0.2, 0.25) is 0 Å². The highest BCUT2D eigenvalue weighted by Gasteiger charge is 2.22. The molecule has 5 nitrogen and oxygen atoms in total. The Morgan fingerprint density at radius 3 is 1.55 bits per heavy atom. The molecular weight excluding hydrogens is 671 g/mol. The van der Waals surface area contributed by atoms with E-state index in [1.165, 1.54) is 10.8 Å². The lowest BCUT2D eigenvalue weighted by Crippen LogP contribution is -2.00. The topological polar surface area (TPSA) is 62.4 Å². The summed E-state index contributed by atoms with van der Waals surface area (Å²) in [5.74, 6) is 0. The van der Waals surface area contributed by atoms with Crippen molar-refractivity contribution in [1.29, 1.82) is 10.5 Å². The summed E-state index contributed by atoms with van der Waals surface area (Å²) < 4.78 is 7.00. The number of hydrogen-bond acceptors (Lipinski definition) is 2. The number of para-hydroxylation sites is 4. The van der Waals surface area contributed by atoms with Gasteiger partial charge in [-0.2, -0.15) is 10.5 Å². The molecule has 0 radical (unpaired) electrons. The highest BCUT2D eigenvalue weighted by atomic mass is 15.0. The zero-order valence-corrected chi connectivity index (χ0v) is 29.5. The predicted molar refractivity (Wildman–Crippen MR) is 224 cm³/mol. The Morgan fingerprint density at radius 1 is 0.345 bits per heavy atom. The highest BCUT2D eigenvalue weighted by Crippen LogP contribution is 2.42. The van der Waals surface area contributed by atoms with Gasteiger partial charge < -0.3 is 13.7 Å². The lowest BCUT2D eigenvalue weighted by atomic mass is 10.0. The molecule has 8 aromatic carbocycles. The Hall–Kier alpha value is -7.86. The summed E-state index contributed by atoms with van der Waals surface area (Å²) in [6, 6.07) is 66.0. The number of hydrogen-bond donors (Lipinski definition) is 0. The quantitative estimate of drug-likeness (QED) is 0.184. The minimum absolute atomic E-state index is 0.593. The van der Waals surface area contributed by atoms with Crippen LogP contribution in [0.1, 0.15) is 11.1 Å². The number of nitriles is 2. The summed E-state index contributed by atoms with van der Waals surface area (Å²) in [5.41, 5.74) is 12.9. The van der Waals surface area contributed by atoms with Crippen molar-refractivity contribution in [3.8, 4) is 40.3 Å². The van der Waals surface area contributed by atoms with E-state index in [-0.39, 0.29) is 0 Å². The second-order valence-corrected chi connectivity index (χ2v) is 14.0. The fourth-order valence-corrected chi connectivity index (χ4v) is 8.79. The van der Waals surface area contributed by atoms with Gasteiger partial charge in [0.1, 0.15) is 0 Å². The zero-order chi connectivity index (χ0) is 36.6. The summed E-state index contributed by atoms with van der Waals surface area (Å²) in [6.45, 7) is 0. The maximum atomic E-state index is 10.2. The van der Waals surface area contributed by atoms with Crippen LogP contribution in [0.15, 0.2) is 176 Å². The highest BCUT2D eigenvalue weighted by molar-refractivity contribution is 6.17. The third-order valence-electron chi connectivity index (χ3n) is 11.1. The van der Waals surface area contributed by atoms with Gasteiger partial charge in [0.2, 0.25) is 0 Å². The molecule has 254 valence electrons. The van der Waals surface area contributed by atoms with Gasteiger partial charge in [-0.3, -0.25) is 0 Å². The second-order valence-electron chi connectivity index (χ2n) is 14.0. The number of benzene rings is 8. The monoisotopic (exact) mass is 699 g/mol. The van der Waals surface area contributed by atoms with E-state index in [1.54, 1.807) is 0 Å². The van der Waals surface area contributed by atoms with E-state index in [4.69, 9.17) is 0 Å². The molecule has 0 atom stereocenters. The van der Waals surface area contributed by atoms with Crippen LogP contribution in [0.4, 0.5) is 0 Å². The van der Waals surface area contributed by atoms with Gasteiger partial charge in [0, 0.05) is 43.6 Å². The standard InChI is InChI=1S/C50H29N5/c51-30-32-24-26-46-41(27-32)39-15-3-5-17-42(39)53(46)35-12-9-11-34(29-35)36-25-23-33(31-52)28-49(36)55-45-20-8-4-16-40(45)50-47(21-10-22-48(50)55)54-43-18-6-1-13-37(43)38-14-2-7-19-44(38)54/h1-29H. The molecule has 3 aromatic heterocycles. The molecule has 0 bridgehead atoms. The van der Waals surface area contributed by atoms with Crippen LogP contribution in [0.3, 0.4) is 0 Å². The van der Waals surface area contributed by atoms with Gasteiger partial charge in [0.05, 0.1) is 67.7 Å². The van der Waals surface area contributed by atoms with E-state index >= 15 is 0 Å². The SMILES string of the molecule is N#Cc1ccc(-c2cccc(-n3c4ccccc4c4cc(C#N)ccc43)c2)c(-n2c3ccccc3c3c(-n4c5ccccc5c5ccccc54)cccc32)c1. The van der Waals surface area contributed by atoms with Crippen LogP contribution in [0, 0.1) is 22.7 Å². The summed E-state index contributed by atoms with van der Waals surface area (Å²) in [6.07, 6.45) is 0. The molecule has 0 aliphatic rings. The molecule has 0 spiro atoms. The number of nitrogens with zero attached hydrogens (tertiary/aromatic N) is 5. The second kappa shape index (κ2) is 11.8. The summed E-state index contributed by atoms with van der Waals surface area (Å²) in [4.78, 5) is 0. The first-order chi connectivity index (χ1) is 27.2. The summed E-state index contributed by atoms with van der Waals surface area (Å²) >= 11 is 0. The average molecular weight is 700 g/mol. The van der Waals surface area contributed by atoms with Crippen molar-refractivity contribution in [3.05, 3.63) is 187 Å². The van der Waals surface area contributed by atoms with Gasteiger partial charge >= 0.3 is 0 Å². The van der Waals surface area contributed by atoms with E-state index in [2.05, 4.69) is 165 Å². The van der Waals surface area contributed by atoms with Gasteiger partial charge in [-0.05, 0) is 84.4 Å². The van der Waals surface area contributed by atoms with E-state index in [0.717, 1.165) is 82.8 Å². The van der Waals surface area contributed by atoms with Crippen molar-refractivity contribution in [2.75, 3.05) is 0 Å². The molecule has 0 saturated heterocycles. The molecular formula is C50H29N5. The van der Waals surface area contributed by atoms with E-state index in [1.807, 2.05) is 36.4 Å². The molecule has 11 aromatic rings. The Kier molecular flexibility index (Phi) is 6.61. The zero-order valence-electron chi connectivity index (χ0n) is 29.5. The molecule has 55 heavy (non-hydrogen) atoms. The average Bonchev–Trinajstić information content (AvgIpc) is 3.89. The number of aromatic nitrogens is 3. The Bertz CT molecular complexity index is 3420. The van der Waals surface area contributed by atoms with Crippen LogP contribution in [0.25, 0.3) is 93.6 Å². The fraction of sp³-hybridized carbons (Fsp3) is 0. The van der Waals surface area contributed by atoms with Crippen molar-refractivity contribution in [2.24, 2.45) is 0 Å². The molecule has 0 saturated carbocycles. The van der Waals surface area contributed by atoms with Crippen molar-refractivity contribution in [3.63, 3.8) is 0 Å². The molecule has 0 aliphatic heterocycles. The molecule has 0 aliphatic carbocycles. The van der Waals surface area contributed by atoms with Crippen LogP contribution in [-0.4, -0.2) is 13.7 Å². The Balaban J connectivity index is 1.18. The Labute approximate surface area is 316 Å². The Morgan fingerprint density at radius 2 is 0.855 bits per heavy atom. The van der Waals surface area contributed by atoms with Gasteiger partial charge in [0.25, 0.3) is 0 Å². The largest absolute Gasteiger partial charge is 0.309 e. The normalized spacial score (nSPS) is 11.6. The van der Waals surface area contributed by atoms with Crippen LogP contribution in [-0.2, 0) is 0 Å². The van der Waals surface area contributed by atoms with E-state index in [9.17, 15) is 10.5 Å². The maximum absolute atomic E-state index is 10.2. The predicted octanol–water partition coefficient (Wildman–Crippen LogP) is 12.4. The molecule has 0 N–H and O–H groups in total. The lowest BCUT2D eigenvalue weighted by Gasteiger charge is -2.16. The van der Waals surface area contributed by atoms with Crippen molar-refractivity contribution >= 4 is 65.4 Å². The minimum atomic E-state index is 0.593. The van der Waals surface area contributed by atoms with Crippen molar-refractivity contribution < 1.29 is 0 Å². The van der Waals surface area contributed by atoms with Gasteiger partial charge in [-0.15, -0.1) is 0 Å². The van der Waals surface area contributed by atoms with Gasteiger partial charge in [0.15, 0.2) is 0 Å². The van der Waals surface area contributed by atoms with Gasteiger partial charge in [-0.1, -0.05) is 97.1 Å². The van der Waals surface area contributed by atoms with E-state index < -0.39 is 0 Å². The lowest BCUT2D eigenvalue weighted by molar-refractivity contribution is 1.16. The molecule has 0 unspecified atom stereocenters. The van der Waals surface area contributed by atoms with Crippen molar-refractivity contribution in [1.82, 2.24) is 13.7 Å². The molecule has 0 amide bonds. The molecule has 11 rings (SSSR count).